The van der Waals surface area contributed by atoms with Crippen molar-refractivity contribution >= 4 is 23.7 Å². The van der Waals surface area contributed by atoms with Crippen molar-refractivity contribution < 1.29 is 19.1 Å². The van der Waals surface area contributed by atoms with Crippen molar-refractivity contribution in [2.24, 2.45) is 0 Å². The Balaban J connectivity index is 1.93. The van der Waals surface area contributed by atoms with Gasteiger partial charge in [0.1, 0.15) is 12.4 Å². The van der Waals surface area contributed by atoms with Crippen molar-refractivity contribution in [1.82, 2.24) is 5.32 Å². The summed E-state index contributed by atoms with van der Waals surface area (Å²) in [6, 6.07) is 7.50. The van der Waals surface area contributed by atoms with E-state index in [1.807, 2.05) is 30.3 Å². The topological polar surface area (TPSA) is 72.5 Å². The molecule has 5 heteroatoms. The van der Waals surface area contributed by atoms with Gasteiger partial charge in [0.2, 0.25) is 5.91 Å². The maximum Gasteiger partial charge on any atom is 0.261 e. The molecule has 1 saturated heterocycles. The molecule has 0 bridgehead atoms. The van der Waals surface area contributed by atoms with Crippen LogP contribution in [0, 0.1) is 0 Å². The summed E-state index contributed by atoms with van der Waals surface area (Å²) in [6.45, 7) is 0.287. The standard InChI is InChI=1S/C15H11NO4/c17-12-7-14(18)16-15(19)11(12)6-9-5-10-3-1-2-4-13(10)20-8-9/h1-6H,7-8H2,(H,16,18,19)/b11-6+. The van der Waals surface area contributed by atoms with Gasteiger partial charge in [-0.3, -0.25) is 19.7 Å². The van der Waals surface area contributed by atoms with Gasteiger partial charge in [-0.1, -0.05) is 18.2 Å². The molecule has 0 aromatic heterocycles. The number of imide groups is 1. The smallest absolute Gasteiger partial charge is 0.261 e. The van der Waals surface area contributed by atoms with E-state index in [0.29, 0.717) is 0 Å². The van der Waals surface area contributed by atoms with Crippen LogP contribution < -0.4 is 10.1 Å². The Morgan fingerprint density at radius 2 is 1.95 bits per heavy atom. The molecule has 1 aromatic rings. The first-order chi connectivity index (χ1) is 9.63. The van der Waals surface area contributed by atoms with Gasteiger partial charge in [-0.25, -0.2) is 0 Å². The first-order valence-corrected chi connectivity index (χ1v) is 6.15. The Kier molecular flexibility index (Phi) is 2.95. The zero-order chi connectivity index (χ0) is 14.1. The molecule has 1 aromatic carbocycles. The first-order valence-electron chi connectivity index (χ1n) is 6.15. The number of benzene rings is 1. The Hall–Kier alpha value is -2.69. The second-order valence-corrected chi connectivity index (χ2v) is 4.58. The number of rotatable bonds is 1. The highest BCUT2D eigenvalue weighted by Crippen LogP contribution is 2.26. The lowest BCUT2D eigenvalue weighted by atomic mass is 9.99. The summed E-state index contributed by atoms with van der Waals surface area (Å²) in [5, 5.41) is 2.13. The summed E-state index contributed by atoms with van der Waals surface area (Å²) in [7, 11) is 0. The van der Waals surface area contributed by atoms with E-state index < -0.39 is 17.6 Å². The van der Waals surface area contributed by atoms with E-state index in [-0.39, 0.29) is 18.6 Å². The zero-order valence-corrected chi connectivity index (χ0v) is 10.5. The van der Waals surface area contributed by atoms with Crippen LogP contribution >= 0.6 is 0 Å². The third-order valence-corrected chi connectivity index (χ3v) is 3.10. The third-order valence-electron chi connectivity index (χ3n) is 3.10. The average molecular weight is 269 g/mol. The van der Waals surface area contributed by atoms with Gasteiger partial charge < -0.3 is 4.74 Å². The molecule has 20 heavy (non-hydrogen) atoms. The lowest BCUT2D eigenvalue weighted by Gasteiger charge is -2.17. The SMILES string of the molecule is O=C1CC(=O)/C(=C\C2=Cc3ccccc3OC2)C(=O)N1. The number of hydrogen-bond donors (Lipinski definition) is 1. The highest BCUT2D eigenvalue weighted by molar-refractivity contribution is 6.30. The van der Waals surface area contributed by atoms with E-state index in [1.165, 1.54) is 6.08 Å². The Bertz CT molecular complexity index is 663. The summed E-state index contributed by atoms with van der Waals surface area (Å²) in [5.41, 5.74) is 1.61. The van der Waals surface area contributed by atoms with E-state index in [1.54, 1.807) is 0 Å². The number of Topliss-reactive ketones (excluding diaryl/α,β-unsaturated/α-hetero) is 1. The number of hydrogen-bond acceptors (Lipinski definition) is 4. The third kappa shape index (κ3) is 2.25. The quantitative estimate of drug-likeness (QED) is 0.357. The number of carbonyl (C=O) groups excluding carboxylic acids is 3. The molecule has 100 valence electrons. The molecule has 3 rings (SSSR count). The second kappa shape index (κ2) is 4.77. The van der Waals surface area contributed by atoms with E-state index >= 15 is 0 Å². The molecule has 0 radical (unpaired) electrons. The summed E-state index contributed by atoms with van der Waals surface area (Å²) in [5.74, 6) is -0.898. The van der Waals surface area contributed by atoms with Gasteiger partial charge >= 0.3 is 0 Å². The van der Waals surface area contributed by atoms with Crippen molar-refractivity contribution in [3.63, 3.8) is 0 Å². The fourth-order valence-corrected chi connectivity index (χ4v) is 2.15. The molecular weight excluding hydrogens is 258 g/mol. The van der Waals surface area contributed by atoms with Gasteiger partial charge in [-0.2, -0.15) is 0 Å². The molecule has 1 N–H and O–H groups in total. The number of amides is 2. The van der Waals surface area contributed by atoms with Crippen molar-refractivity contribution in [3.8, 4) is 5.75 Å². The maximum absolute atomic E-state index is 11.7. The molecule has 0 aliphatic carbocycles. The largest absolute Gasteiger partial charge is 0.488 e. The molecule has 1 fully saturated rings. The number of piperidine rings is 1. The van der Waals surface area contributed by atoms with Crippen LogP contribution in [0.3, 0.4) is 0 Å². The van der Waals surface area contributed by atoms with Crippen LogP contribution in [0.2, 0.25) is 0 Å². The van der Waals surface area contributed by atoms with E-state index in [2.05, 4.69) is 5.32 Å². The average Bonchev–Trinajstić information content (AvgIpc) is 2.42. The molecule has 2 heterocycles. The molecule has 0 unspecified atom stereocenters. The minimum absolute atomic E-state index is 0.00108. The Labute approximate surface area is 114 Å². The second-order valence-electron chi connectivity index (χ2n) is 4.58. The van der Waals surface area contributed by atoms with Crippen LogP contribution in [0.5, 0.6) is 5.75 Å². The van der Waals surface area contributed by atoms with Gasteiger partial charge in [-0.15, -0.1) is 0 Å². The number of para-hydroxylation sites is 1. The highest BCUT2D eigenvalue weighted by Gasteiger charge is 2.28. The minimum atomic E-state index is -0.647. The molecule has 0 spiro atoms. The predicted octanol–water partition coefficient (Wildman–Crippen LogP) is 1.00. The Morgan fingerprint density at radius 1 is 1.15 bits per heavy atom. The number of nitrogens with one attached hydrogen (secondary N) is 1. The summed E-state index contributed by atoms with van der Waals surface area (Å²) >= 11 is 0. The minimum Gasteiger partial charge on any atom is -0.488 e. The normalized spacial score (nSPS) is 20.1. The number of ketones is 1. The highest BCUT2D eigenvalue weighted by atomic mass is 16.5. The predicted molar refractivity (Wildman–Crippen MR) is 70.8 cm³/mol. The first kappa shape index (κ1) is 12.3. The maximum atomic E-state index is 11.7. The van der Waals surface area contributed by atoms with Crippen molar-refractivity contribution in [3.05, 3.63) is 47.1 Å². The van der Waals surface area contributed by atoms with Gasteiger partial charge in [0.05, 0.1) is 12.0 Å². The summed E-state index contributed by atoms with van der Waals surface area (Å²) in [6.07, 6.45) is 3.06. The zero-order valence-electron chi connectivity index (χ0n) is 10.5. The van der Waals surface area contributed by atoms with Crippen LogP contribution in [0.4, 0.5) is 0 Å². The molecule has 5 nitrogen and oxygen atoms in total. The molecule has 2 aliphatic heterocycles. The molecular formula is C15H11NO4. The molecule has 2 aliphatic rings. The number of carbonyl (C=O) groups is 3. The van der Waals surface area contributed by atoms with Crippen LogP contribution in [-0.2, 0) is 14.4 Å². The number of fused-ring (bicyclic) bond motifs is 1. The van der Waals surface area contributed by atoms with Gasteiger partial charge in [0.25, 0.3) is 5.91 Å². The van der Waals surface area contributed by atoms with Gasteiger partial charge in [0.15, 0.2) is 5.78 Å². The molecule has 2 amide bonds. The van der Waals surface area contributed by atoms with E-state index in [9.17, 15) is 14.4 Å². The summed E-state index contributed by atoms with van der Waals surface area (Å²) < 4.78 is 5.55. The fourth-order valence-electron chi connectivity index (χ4n) is 2.15. The number of ether oxygens (including phenoxy) is 1. The van der Waals surface area contributed by atoms with Gasteiger partial charge in [-0.05, 0) is 23.8 Å². The lowest BCUT2D eigenvalue weighted by molar-refractivity contribution is -0.134. The lowest BCUT2D eigenvalue weighted by Crippen LogP contribution is -2.41. The Morgan fingerprint density at radius 3 is 2.75 bits per heavy atom. The van der Waals surface area contributed by atoms with Crippen molar-refractivity contribution in [2.75, 3.05) is 6.61 Å². The van der Waals surface area contributed by atoms with E-state index in [4.69, 9.17) is 4.74 Å². The van der Waals surface area contributed by atoms with Gasteiger partial charge in [0, 0.05) is 5.56 Å². The molecule has 0 atom stereocenters. The van der Waals surface area contributed by atoms with Crippen LogP contribution in [0.15, 0.2) is 41.5 Å². The fraction of sp³-hybridized carbons (Fsp3) is 0.133. The van der Waals surface area contributed by atoms with Crippen LogP contribution in [0.25, 0.3) is 6.08 Å². The van der Waals surface area contributed by atoms with Crippen molar-refractivity contribution in [2.45, 2.75) is 6.42 Å². The van der Waals surface area contributed by atoms with Crippen LogP contribution in [0.1, 0.15) is 12.0 Å². The summed E-state index contributed by atoms with van der Waals surface area (Å²) in [4.78, 5) is 34.4. The van der Waals surface area contributed by atoms with Crippen LogP contribution in [-0.4, -0.2) is 24.2 Å². The molecule has 0 saturated carbocycles. The monoisotopic (exact) mass is 269 g/mol. The van der Waals surface area contributed by atoms with Crippen molar-refractivity contribution in [1.29, 1.82) is 0 Å². The van der Waals surface area contributed by atoms with E-state index in [0.717, 1.165) is 16.9 Å².